The average Bonchev–Trinajstić information content (AvgIpc) is 2.71. The van der Waals surface area contributed by atoms with E-state index in [0.717, 1.165) is 12.0 Å². The van der Waals surface area contributed by atoms with Crippen molar-refractivity contribution in [3.8, 4) is 5.75 Å². The Kier molecular flexibility index (Phi) is 7.61. The summed E-state index contributed by atoms with van der Waals surface area (Å²) in [6.45, 7) is 7.89. The van der Waals surface area contributed by atoms with Crippen molar-refractivity contribution in [3.63, 3.8) is 0 Å². The lowest BCUT2D eigenvalue weighted by atomic mass is 10.0. The number of ether oxygens (including phenoxy) is 1. The summed E-state index contributed by atoms with van der Waals surface area (Å²) in [5.74, 6) is 0.162. The van der Waals surface area contributed by atoms with Crippen LogP contribution in [0.5, 0.6) is 5.75 Å². The summed E-state index contributed by atoms with van der Waals surface area (Å²) in [7, 11) is 1.57. The maximum atomic E-state index is 12.8. The van der Waals surface area contributed by atoms with E-state index >= 15 is 0 Å². The third-order valence-corrected chi connectivity index (χ3v) is 4.83. The summed E-state index contributed by atoms with van der Waals surface area (Å²) in [4.78, 5) is 25.4. The van der Waals surface area contributed by atoms with Gasteiger partial charge in [0.15, 0.2) is 0 Å². The Morgan fingerprint density at radius 3 is 2.04 bits per heavy atom. The Hall–Kier alpha value is -2.82. The highest BCUT2D eigenvalue weighted by molar-refractivity contribution is 5.97. The van der Waals surface area contributed by atoms with Gasteiger partial charge in [-0.3, -0.25) is 9.59 Å². The SMILES string of the molecule is CCc1ccc(C(C)NC(=O)C(NC(=O)c2ccc(OC)cc2)C(C)C)cc1. The second kappa shape index (κ2) is 9.93. The van der Waals surface area contributed by atoms with Crippen LogP contribution in [-0.2, 0) is 11.2 Å². The van der Waals surface area contributed by atoms with E-state index in [9.17, 15) is 9.59 Å². The van der Waals surface area contributed by atoms with Gasteiger partial charge in [0.1, 0.15) is 11.8 Å². The number of hydrogen-bond donors (Lipinski definition) is 2. The molecule has 2 rings (SSSR count). The molecule has 2 unspecified atom stereocenters. The molecule has 2 N–H and O–H groups in total. The minimum Gasteiger partial charge on any atom is -0.497 e. The van der Waals surface area contributed by atoms with Crippen molar-refractivity contribution in [2.75, 3.05) is 7.11 Å². The first-order chi connectivity index (χ1) is 13.3. The molecule has 0 aromatic heterocycles. The maximum absolute atomic E-state index is 12.8. The molecule has 5 nitrogen and oxygen atoms in total. The summed E-state index contributed by atoms with van der Waals surface area (Å²) >= 11 is 0. The molecule has 0 aliphatic rings. The van der Waals surface area contributed by atoms with Gasteiger partial charge in [0.2, 0.25) is 5.91 Å². The van der Waals surface area contributed by atoms with E-state index in [1.54, 1.807) is 31.4 Å². The Balaban J connectivity index is 2.04. The summed E-state index contributed by atoms with van der Waals surface area (Å²) in [5.41, 5.74) is 2.78. The number of methoxy groups -OCH3 is 1. The van der Waals surface area contributed by atoms with E-state index in [-0.39, 0.29) is 23.8 Å². The summed E-state index contributed by atoms with van der Waals surface area (Å²) in [5, 5.41) is 5.87. The van der Waals surface area contributed by atoms with Crippen molar-refractivity contribution in [2.24, 2.45) is 5.92 Å². The van der Waals surface area contributed by atoms with Gasteiger partial charge in [-0.05, 0) is 54.7 Å². The second-order valence-corrected chi connectivity index (χ2v) is 7.25. The summed E-state index contributed by atoms with van der Waals surface area (Å²) in [6, 6.07) is 14.3. The van der Waals surface area contributed by atoms with Gasteiger partial charge in [-0.15, -0.1) is 0 Å². The molecule has 150 valence electrons. The van der Waals surface area contributed by atoms with Crippen LogP contribution < -0.4 is 15.4 Å². The Labute approximate surface area is 167 Å². The Bertz CT molecular complexity index is 782. The molecule has 5 heteroatoms. The molecule has 0 spiro atoms. The molecule has 0 radical (unpaired) electrons. The highest BCUT2D eigenvalue weighted by Crippen LogP contribution is 2.16. The monoisotopic (exact) mass is 382 g/mol. The van der Waals surface area contributed by atoms with Gasteiger partial charge in [-0.1, -0.05) is 45.0 Å². The van der Waals surface area contributed by atoms with Crippen LogP contribution in [0.2, 0.25) is 0 Å². The van der Waals surface area contributed by atoms with Crippen LogP contribution in [-0.4, -0.2) is 25.0 Å². The lowest BCUT2D eigenvalue weighted by molar-refractivity contribution is -0.124. The highest BCUT2D eigenvalue weighted by atomic mass is 16.5. The van der Waals surface area contributed by atoms with E-state index in [4.69, 9.17) is 4.74 Å². The van der Waals surface area contributed by atoms with E-state index in [1.807, 2.05) is 32.9 Å². The number of aryl methyl sites for hydroxylation is 1. The number of carbonyl (C=O) groups is 2. The first kappa shape index (κ1) is 21.5. The normalized spacial score (nSPS) is 12.9. The smallest absolute Gasteiger partial charge is 0.251 e. The van der Waals surface area contributed by atoms with Gasteiger partial charge in [-0.25, -0.2) is 0 Å². The number of hydrogen-bond acceptors (Lipinski definition) is 3. The lowest BCUT2D eigenvalue weighted by Crippen LogP contribution is -2.50. The van der Waals surface area contributed by atoms with Crippen LogP contribution in [0.4, 0.5) is 0 Å². The van der Waals surface area contributed by atoms with Gasteiger partial charge in [-0.2, -0.15) is 0 Å². The van der Waals surface area contributed by atoms with E-state index in [0.29, 0.717) is 11.3 Å². The fraction of sp³-hybridized carbons (Fsp3) is 0.391. The Morgan fingerprint density at radius 1 is 0.929 bits per heavy atom. The minimum absolute atomic E-state index is 0.0446. The molecule has 0 fully saturated rings. The Morgan fingerprint density at radius 2 is 1.54 bits per heavy atom. The molecule has 28 heavy (non-hydrogen) atoms. The molecule has 0 bridgehead atoms. The van der Waals surface area contributed by atoms with E-state index < -0.39 is 6.04 Å². The number of rotatable bonds is 8. The maximum Gasteiger partial charge on any atom is 0.251 e. The third-order valence-electron chi connectivity index (χ3n) is 4.83. The summed E-state index contributed by atoms with van der Waals surface area (Å²) < 4.78 is 5.11. The van der Waals surface area contributed by atoms with Crippen LogP contribution in [0.3, 0.4) is 0 Å². The summed E-state index contributed by atoms with van der Waals surface area (Å²) in [6.07, 6.45) is 0.980. The van der Waals surface area contributed by atoms with Crippen molar-refractivity contribution < 1.29 is 14.3 Å². The van der Waals surface area contributed by atoms with E-state index in [1.165, 1.54) is 5.56 Å². The van der Waals surface area contributed by atoms with Crippen molar-refractivity contribution in [3.05, 3.63) is 65.2 Å². The van der Waals surface area contributed by atoms with Crippen molar-refractivity contribution >= 4 is 11.8 Å². The van der Waals surface area contributed by atoms with Gasteiger partial charge in [0.05, 0.1) is 13.2 Å². The van der Waals surface area contributed by atoms with Gasteiger partial charge in [0, 0.05) is 5.56 Å². The quantitative estimate of drug-likeness (QED) is 0.728. The zero-order valence-corrected chi connectivity index (χ0v) is 17.3. The number of carbonyl (C=O) groups excluding carboxylic acids is 2. The molecule has 0 heterocycles. The number of amides is 2. The molecular formula is C23H30N2O3. The van der Waals surface area contributed by atoms with Gasteiger partial charge < -0.3 is 15.4 Å². The van der Waals surface area contributed by atoms with Gasteiger partial charge >= 0.3 is 0 Å². The fourth-order valence-electron chi connectivity index (χ4n) is 2.93. The van der Waals surface area contributed by atoms with Crippen LogP contribution in [0, 0.1) is 5.92 Å². The number of nitrogens with one attached hydrogen (secondary N) is 2. The zero-order chi connectivity index (χ0) is 20.7. The van der Waals surface area contributed by atoms with Crippen molar-refractivity contribution in [1.82, 2.24) is 10.6 Å². The molecule has 0 saturated heterocycles. The molecule has 0 aliphatic carbocycles. The second-order valence-electron chi connectivity index (χ2n) is 7.25. The highest BCUT2D eigenvalue weighted by Gasteiger charge is 2.26. The first-order valence-electron chi connectivity index (χ1n) is 9.69. The third kappa shape index (κ3) is 5.59. The molecule has 2 aromatic rings. The first-order valence-corrected chi connectivity index (χ1v) is 9.69. The fourth-order valence-corrected chi connectivity index (χ4v) is 2.93. The minimum atomic E-state index is -0.619. The largest absolute Gasteiger partial charge is 0.497 e. The van der Waals surface area contributed by atoms with Gasteiger partial charge in [0.25, 0.3) is 5.91 Å². The van der Waals surface area contributed by atoms with Crippen molar-refractivity contribution in [1.29, 1.82) is 0 Å². The topological polar surface area (TPSA) is 67.4 Å². The zero-order valence-electron chi connectivity index (χ0n) is 17.3. The molecule has 2 atom stereocenters. The van der Waals surface area contributed by atoms with Crippen LogP contribution >= 0.6 is 0 Å². The van der Waals surface area contributed by atoms with Crippen LogP contribution in [0.25, 0.3) is 0 Å². The predicted molar refractivity (Wildman–Crippen MR) is 111 cm³/mol. The molecule has 0 aliphatic heterocycles. The molecule has 2 amide bonds. The predicted octanol–water partition coefficient (Wildman–Crippen LogP) is 3.89. The molecule has 2 aromatic carbocycles. The molecule has 0 saturated carbocycles. The van der Waals surface area contributed by atoms with Crippen LogP contribution in [0.15, 0.2) is 48.5 Å². The van der Waals surface area contributed by atoms with E-state index in [2.05, 4.69) is 29.7 Å². The standard InChI is InChI=1S/C23H30N2O3/c1-6-17-7-9-18(10-8-17)16(4)24-23(27)21(15(2)3)25-22(26)19-11-13-20(28-5)14-12-19/h7-16,21H,6H2,1-5H3,(H,24,27)(H,25,26). The van der Waals surface area contributed by atoms with Crippen molar-refractivity contribution in [2.45, 2.75) is 46.2 Å². The van der Waals surface area contributed by atoms with Crippen LogP contribution in [0.1, 0.15) is 55.2 Å². The molecular weight excluding hydrogens is 352 g/mol. The lowest BCUT2D eigenvalue weighted by Gasteiger charge is -2.24. The average molecular weight is 383 g/mol. The number of benzene rings is 2.